The minimum atomic E-state index is 0. The van der Waals surface area contributed by atoms with Crippen LogP contribution in [0.4, 0.5) is 0 Å². The summed E-state index contributed by atoms with van der Waals surface area (Å²) in [5, 5.41) is 6.44. The minimum absolute atomic E-state index is 0. The van der Waals surface area contributed by atoms with Gasteiger partial charge in [-0.05, 0) is 50.6 Å². The van der Waals surface area contributed by atoms with E-state index in [0.29, 0.717) is 0 Å². The van der Waals surface area contributed by atoms with Gasteiger partial charge in [-0.3, -0.25) is 4.79 Å². The Kier molecular flexibility index (Phi) is 9.28. The van der Waals surface area contributed by atoms with Crippen LogP contribution in [0.15, 0.2) is 0 Å². The van der Waals surface area contributed by atoms with Crippen LogP contribution >= 0.6 is 12.4 Å². The van der Waals surface area contributed by atoms with E-state index >= 15 is 0 Å². The van der Waals surface area contributed by atoms with E-state index < -0.39 is 0 Å². The van der Waals surface area contributed by atoms with Gasteiger partial charge in [0.15, 0.2) is 0 Å². The highest BCUT2D eigenvalue weighted by Gasteiger charge is 2.16. The van der Waals surface area contributed by atoms with Crippen LogP contribution in [0.2, 0.25) is 0 Å². The first-order valence-electron chi connectivity index (χ1n) is 8.32. The Hall–Kier alpha value is -0.280. The number of nitrogens with one attached hydrogen (secondary N) is 2. The lowest BCUT2D eigenvalue weighted by molar-refractivity contribution is -0.121. The largest absolute Gasteiger partial charge is 0.356 e. The Bertz CT molecular complexity index is 261. The molecule has 1 amide bonds. The molecule has 0 bridgehead atoms. The van der Waals surface area contributed by atoms with Gasteiger partial charge in [0.1, 0.15) is 0 Å². The van der Waals surface area contributed by atoms with Crippen molar-refractivity contribution in [2.45, 2.75) is 64.2 Å². The lowest BCUT2D eigenvalue weighted by Gasteiger charge is -2.21. The van der Waals surface area contributed by atoms with Gasteiger partial charge in [0.05, 0.1) is 0 Å². The van der Waals surface area contributed by atoms with Crippen LogP contribution in [0.1, 0.15) is 64.2 Å². The summed E-state index contributed by atoms with van der Waals surface area (Å²) >= 11 is 0. The number of rotatable bonds is 7. The van der Waals surface area contributed by atoms with E-state index in [1.807, 2.05) is 0 Å². The SMILES string of the molecule is Cl.O=C(CCC1CCNC1)NCCCC1CCCCC1. The van der Waals surface area contributed by atoms with E-state index in [9.17, 15) is 4.79 Å². The zero-order chi connectivity index (χ0) is 13.3. The molecule has 1 saturated heterocycles. The molecule has 1 unspecified atom stereocenters. The Labute approximate surface area is 130 Å². The molecule has 118 valence electrons. The van der Waals surface area contributed by atoms with E-state index in [1.165, 1.54) is 51.4 Å². The fourth-order valence-electron chi connectivity index (χ4n) is 3.48. The molecule has 0 aromatic rings. The highest BCUT2D eigenvalue weighted by Crippen LogP contribution is 2.26. The Morgan fingerprint density at radius 2 is 1.85 bits per heavy atom. The summed E-state index contributed by atoms with van der Waals surface area (Å²) in [5.41, 5.74) is 0. The molecule has 4 heteroatoms. The van der Waals surface area contributed by atoms with Crippen LogP contribution in [0, 0.1) is 11.8 Å². The summed E-state index contributed by atoms with van der Waals surface area (Å²) in [7, 11) is 0. The topological polar surface area (TPSA) is 41.1 Å². The molecular formula is C16H31ClN2O. The van der Waals surface area contributed by atoms with Crippen LogP contribution in [0.5, 0.6) is 0 Å². The highest BCUT2D eigenvalue weighted by atomic mass is 35.5. The highest BCUT2D eigenvalue weighted by molar-refractivity contribution is 5.85. The van der Waals surface area contributed by atoms with E-state index in [4.69, 9.17) is 0 Å². The van der Waals surface area contributed by atoms with Crippen LogP contribution in [-0.4, -0.2) is 25.5 Å². The van der Waals surface area contributed by atoms with Gasteiger partial charge in [0, 0.05) is 13.0 Å². The standard InChI is InChI=1S/C16H30N2O.ClH/c19-16(9-8-15-10-12-17-13-15)18-11-4-7-14-5-2-1-3-6-14;/h14-15,17H,1-13H2,(H,18,19);1H. The van der Waals surface area contributed by atoms with Gasteiger partial charge in [0.2, 0.25) is 5.91 Å². The second-order valence-electron chi connectivity index (χ2n) is 6.39. The molecule has 2 N–H and O–H groups in total. The number of halogens is 1. The number of carbonyl (C=O) groups excluding carboxylic acids is 1. The average molecular weight is 303 g/mol. The predicted octanol–water partition coefficient (Wildman–Crippen LogP) is 3.27. The molecule has 0 aromatic carbocycles. The van der Waals surface area contributed by atoms with Crippen molar-refractivity contribution < 1.29 is 4.79 Å². The van der Waals surface area contributed by atoms with Crippen molar-refractivity contribution >= 4 is 18.3 Å². The molecule has 20 heavy (non-hydrogen) atoms. The van der Waals surface area contributed by atoms with Crippen molar-refractivity contribution in [1.82, 2.24) is 10.6 Å². The smallest absolute Gasteiger partial charge is 0.220 e. The van der Waals surface area contributed by atoms with E-state index in [0.717, 1.165) is 44.3 Å². The molecule has 1 heterocycles. The van der Waals surface area contributed by atoms with Gasteiger partial charge in [-0.1, -0.05) is 32.1 Å². The van der Waals surface area contributed by atoms with Crippen LogP contribution in [-0.2, 0) is 4.79 Å². The third kappa shape index (κ3) is 6.94. The first-order chi connectivity index (χ1) is 9.34. The van der Waals surface area contributed by atoms with Gasteiger partial charge in [-0.2, -0.15) is 0 Å². The number of hydrogen-bond donors (Lipinski definition) is 2. The first-order valence-corrected chi connectivity index (χ1v) is 8.32. The van der Waals surface area contributed by atoms with E-state index in [2.05, 4.69) is 10.6 Å². The van der Waals surface area contributed by atoms with Gasteiger partial charge in [-0.15, -0.1) is 12.4 Å². The molecule has 1 saturated carbocycles. The Balaban J connectivity index is 0.00000200. The molecule has 1 atom stereocenters. The monoisotopic (exact) mass is 302 g/mol. The van der Waals surface area contributed by atoms with Crippen molar-refractivity contribution in [2.24, 2.45) is 11.8 Å². The summed E-state index contributed by atoms with van der Waals surface area (Å²) in [6, 6.07) is 0. The maximum atomic E-state index is 11.7. The third-order valence-corrected chi connectivity index (χ3v) is 4.78. The summed E-state index contributed by atoms with van der Waals surface area (Å²) in [6.07, 6.45) is 12.6. The molecule has 0 aromatic heterocycles. The lowest BCUT2D eigenvalue weighted by Crippen LogP contribution is -2.25. The van der Waals surface area contributed by atoms with Crippen LogP contribution in [0.3, 0.4) is 0 Å². The number of amides is 1. The summed E-state index contributed by atoms with van der Waals surface area (Å²) in [5.74, 6) is 1.93. The van der Waals surface area contributed by atoms with Gasteiger partial charge < -0.3 is 10.6 Å². The number of carbonyl (C=O) groups is 1. The third-order valence-electron chi connectivity index (χ3n) is 4.78. The molecule has 3 nitrogen and oxygen atoms in total. The van der Waals surface area contributed by atoms with Crippen LogP contribution in [0.25, 0.3) is 0 Å². The fourth-order valence-corrected chi connectivity index (χ4v) is 3.48. The average Bonchev–Trinajstić information content (AvgIpc) is 2.96. The second-order valence-corrected chi connectivity index (χ2v) is 6.39. The zero-order valence-corrected chi connectivity index (χ0v) is 13.5. The van der Waals surface area contributed by atoms with Crippen molar-refractivity contribution in [1.29, 1.82) is 0 Å². The molecule has 2 rings (SSSR count). The molecule has 0 spiro atoms. The quantitative estimate of drug-likeness (QED) is 0.709. The minimum Gasteiger partial charge on any atom is -0.356 e. The van der Waals surface area contributed by atoms with Crippen molar-refractivity contribution in [3.05, 3.63) is 0 Å². The maximum absolute atomic E-state index is 11.7. The summed E-state index contributed by atoms with van der Waals surface area (Å²) in [6.45, 7) is 3.13. The second kappa shape index (κ2) is 10.4. The Morgan fingerprint density at radius 3 is 2.55 bits per heavy atom. The predicted molar refractivity (Wildman–Crippen MR) is 86.3 cm³/mol. The van der Waals surface area contributed by atoms with Crippen molar-refractivity contribution in [3.63, 3.8) is 0 Å². The van der Waals surface area contributed by atoms with Crippen LogP contribution < -0.4 is 10.6 Å². The van der Waals surface area contributed by atoms with E-state index in [1.54, 1.807) is 0 Å². The molecular weight excluding hydrogens is 272 g/mol. The van der Waals surface area contributed by atoms with Gasteiger partial charge >= 0.3 is 0 Å². The van der Waals surface area contributed by atoms with Gasteiger partial charge in [-0.25, -0.2) is 0 Å². The summed E-state index contributed by atoms with van der Waals surface area (Å²) in [4.78, 5) is 11.7. The van der Waals surface area contributed by atoms with Crippen molar-refractivity contribution in [3.8, 4) is 0 Å². The zero-order valence-electron chi connectivity index (χ0n) is 12.7. The Morgan fingerprint density at radius 1 is 1.05 bits per heavy atom. The van der Waals surface area contributed by atoms with Crippen molar-refractivity contribution in [2.75, 3.05) is 19.6 Å². The molecule has 1 aliphatic carbocycles. The molecule has 2 fully saturated rings. The lowest BCUT2D eigenvalue weighted by atomic mass is 9.86. The molecule has 1 aliphatic heterocycles. The van der Waals surface area contributed by atoms with Gasteiger partial charge in [0.25, 0.3) is 0 Å². The first kappa shape index (κ1) is 17.8. The molecule has 0 radical (unpaired) electrons. The van der Waals surface area contributed by atoms with E-state index in [-0.39, 0.29) is 18.3 Å². The number of hydrogen-bond acceptors (Lipinski definition) is 2. The molecule has 2 aliphatic rings. The maximum Gasteiger partial charge on any atom is 0.220 e. The summed E-state index contributed by atoms with van der Waals surface area (Å²) < 4.78 is 0. The fraction of sp³-hybridized carbons (Fsp3) is 0.938. The normalized spacial score (nSPS) is 23.3.